The highest BCUT2D eigenvalue weighted by molar-refractivity contribution is 5.91. The molecule has 0 radical (unpaired) electrons. The summed E-state index contributed by atoms with van der Waals surface area (Å²) < 4.78 is 7.46. The highest BCUT2D eigenvalue weighted by Crippen LogP contribution is 2.29. The van der Waals surface area contributed by atoms with Gasteiger partial charge in [-0.2, -0.15) is 0 Å². The third-order valence-corrected chi connectivity index (χ3v) is 4.72. The first-order chi connectivity index (χ1) is 14.3. The van der Waals surface area contributed by atoms with E-state index in [1.165, 1.54) is 0 Å². The van der Waals surface area contributed by atoms with Crippen LogP contribution >= 0.6 is 0 Å². The van der Waals surface area contributed by atoms with Crippen LogP contribution in [0.1, 0.15) is 24.6 Å². The fourth-order valence-corrected chi connectivity index (χ4v) is 3.30. The van der Waals surface area contributed by atoms with E-state index in [-0.39, 0.29) is 19.0 Å². The van der Waals surface area contributed by atoms with Gasteiger partial charge in [0.25, 0.3) is 0 Å². The standard InChI is InChI=1S/C24H21N3O2/c1-2-19(16-23(28)29-17-18-9-4-3-5-10-18)22-15-20-11-6-7-12-21(20)27(22)24-25-13-8-14-26-24/h2-15H,16-17H2,1H3/b19-2+. The molecule has 144 valence electrons. The number of nitrogens with zero attached hydrogens (tertiary/aromatic N) is 3. The molecule has 0 saturated heterocycles. The molecule has 5 nitrogen and oxygen atoms in total. The fourth-order valence-electron chi connectivity index (χ4n) is 3.30. The van der Waals surface area contributed by atoms with E-state index in [0.717, 1.165) is 27.7 Å². The summed E-state index contributed by atoms with van der Waals surface area (Å²) in [6, 6.07) is 21.6. The second-order valence-electron chi connectivity index (χ2n) is 6.61. The van der Waals surface area contributed by atoms with Crippen molar-refractivity contribution in [3.05, 3.63) is 96.5 Å². The van der Waals surface area contributed by atoms with Gasteiger partial charge in [0.1, 0.15) is 6.61 Å². The zero-order valence-corrected chi connectivity index (χ0v) is 16.2. The topological polar surface area (TPSA) is 57.0 Å². The van der Waals surface area contributed by atoms with Crippen LogP contribution in [-0.2, 0) is 16.1 Å². The predicted octanol–water partition coefficient (Wildman–Crippen LogP) is 4.96. The predicted molar refractivity (Wildman–Crippen MR) is 113 cm³/mol. The molecule has 0 N–H and O–H groups in total. The van der Waals surface area contributed by atoms with Crippen LogP contribution in [0.25, 0.3) is 22.4 Å². The lowest BCUT2D eigenvalue weighted by molar-refractivity contribution is -0.143. The van der Waals surface area contributed by atoms with Crippen molar-refractivity contribution >= 4 is 22.4 Å². The van der Waals surface area contributed by atoms with Crippen molar-refractivity contribution in [2.45, 2.75) is 20.0 Å². The number of benzene rings is 2. The SMILES string of the molecule is C/C=C(\CC(=O)OCc1ccccc1)c1cc2ccccc2n1-c1ncccn1. The maximum atomic E-state index is 12.5. The Hall–Kier alpha value is -3.73. The summed E-state index contributed by atoms with van der Waals surface area (Å²) >= 11 is 0. The van der Waals surface area contributed by atoms with Gasteiger partial charge in [-0.05, 0) is 36.3 Å². The summed E-state index contributed by atoms with van der Waals surface area (Å²) in [7, 11) is 0. The average Bonchev–Trinajstić information content (AvgIpc) is 3.16. The number of para-hydroxylation sites is 1. The Balaban J connectivity index is 1.63. The van der Waals surface area contributed by atoms with Crippen molar-refractivity contribution < 1.29 is 9.53 Å². The van der Waals surface area contributed by atoms with E-state index >= 15 is 0 Å². The minimum Gasteiger partial charge on any atom is -0.461 e. The lowest BCUT2D eigenvalue weighted by Crippen LogP contribution is -2.09. The second-order valence-corrected chi connectivity index (χ2v) is 6.61. The lowest BCUT2D eigenvalue weighted by atomic mass is 10.1. The molecule has 0 aliphatic rings. The van der Waals surface area contributed by atoms with Gasteiger partial charge in [-0.15, -0.1) is 0 Å². The molecule has 0 amide bonds. The Labute approximate surface area is 169 Å². The minimum atomic E-state index is -0.271. The molecule has 5 heteroatoms. The summed E-state index contributed by atoms with van der Waals surface area (Å²) in [6.07, 6.45) is 5.54. The van der Waals surface area contributed by atoms with E-state index < -0.39 is 0 Å². The zero-order valence-electron chi connectivity index (χ0n) is 16.2. The monoisotopic (exact) mass is 383 g/mol. The number of fused-ring (bicyclic) bond motifs is 1. The molecule has 2 heterocycles. The van der Waals surface area contributed by atoms with Gasteiger partial charge in [-0.25, -0.2) is 9.97 Å². The van der Waals surface area contributed by atoms with E-state index in [1.54, 1.807) is 18.5 Å². The Kier molecular flexibility index (Phi) is 5.47. The van der Waals surface area contributed by atoms with Gasteiger partial charge in [0, 0.05) is 17.8 Å². The molecule has 4 rings (SSSR count). The molecule has 0 fully saturated rings. The molecule has 0 unspecified atom stereocenters. The van der Waals surface area contributed by atoms with Gasteiger partial charge in [0.2, 0.25) is 5.95 Å². The van der Waals surface area contributed by atoms with E-state index in [0.29, 0.717) is 5.95 Å². The first-order valence-corrected chi connectivity index (χ1v) is 9.49. The van der Waals surface area contributed by atoms with Crippen molar-refractivity contribution in [2.24, 2.45) is 0 Å². The van der Waals surface area contributed by atoms with Crippen LogP contribution in [0.15, 0.2) is 85.2 Å². The number of esters is 1. The van der Waals surface area contributed by atoms with E-state index in [4.69, 9.17) is 4.74 Å². The molecule has 0 spiro atoms. The van der Waals surface area contributed by atoms with Gasteiger partial charge < -0.3 is 4.74 Å². The zero-order chi connectivity index (χ0) is 20.1. The van der Waals surface area contributed by atoms with Gasteiger partial charge in [0.15, 0.2) is 0 Å². The number of rotatable bonds is 6. The molecule has 2 aromatic heterocycles. The largest absolute Gasteiger partial charge is 0.461 e. The number of hydrogen-bond donors (Lipinski definition) is 0. The second kappa shape index (κ2) is 8.52. The maximum Gasteiger partial charge on any atom is 0.310 e. The number of carbonyl (C=O) groups excluding carboxylic acids is 1. The smallest absolute Gasteiger partial charge is 0.310 e. The quantitative estimate of drug-likeness (QED) is 0.442. The number of carbonyl (C=O) groups is 1. The van der Waals surface area contributed by atoms with Crippen LogP contribution in [0, 0.1) is 0 Å². The van der Waals surface area contributed by atoms with E-state index in [9.17, 15) is 4.79 Å². The van der Waals surface area contributed by atoms with E-state index in [1.807, 2.05) is 72.2 Å². The summed E-state index contributed by atoms with van der Waals surface area (Å²) in [5.41, 5.74) is 3.71. The van der Waals surface area contributed by atoms with Crippen molar-refractivity contribution in [2.75, 3.05) is 0 Å². The molecule has 4 aromatic rings. The van der Waals surface area contributed by atoms with Gasteiger partial charge in [0.05, 0.1) is 17.6 Å². The number of ether oxygens (including phenoxy) is 1. The molecular formula is C24H21N3O2. The third-order valence-electron chi connectivity index (χ3n) is 4.72. The molecule has 29 heavy (non-hydrogen) atoms. The third kappa shape index (κ3) is 4.09. The fraction of sp³-hybridized carbons (Fsp3) is 0.125. The van der Waals surface area contributed by atoms with Gasteiger partial charge in [-0.3, -0.25) is 9.36 Å². The molecule has 2 aromatic carbocycles. The van der Waals surface area contributed by atoms with Crippen LogP contribution in [0.3, 0.4) is 0 Å². The Morgan fingerprint density at radius 2 is 1.72 bits per heavy atom. The molecule has 0 saturated carbocycles. The van der Waals surface area contributed by atoms with Crippen LogP contribution in [-0.4, -0.2) is 20.5 Å². The van der Waals surface area contributed by atoms with Crippen molar-refractivity contribution in [1.29, 1.82) is 0 Å². The lowest BCUT2D eigenvalue weighted by Gasteiger charge is -2.12. The summed E-state index contributed by atoms with van der Waals surface area (Å²) in [5.74, 6) is 0.299. The van der Waals surface area contributed by atoms with Crippen LogP contribution in [0.4, 0.5) is 0 Å². The Morgan fingerprint density at radius 3 is 2.48 bits per heavy atom. The average molecular weight is 383 g/mol. The number of allylic oxidation sites excluding steroid dienone is 1. The first-order valence-electron chi connectivity index (χ1n) is 9.49. The molecule has 0 atom stereocenters. The van der Waals surface area contributed by atoms with Gasteiger partial charge >= 0.3 is 5.97 Å². The first kappa shape index (κ1) is 18.6. The number of hydrogen-bond acceptors (Lipinski definition) is 4. The van der Waals surface area contributed by atoms with Crippen LogP contribution in [0.5, 0.6) is 0 Å². The van der Waals surface area contributed by atoms with Crippen molar-refractivity contribution in [3.8, 4) is 5.95 Å². The highest BCUT2D eigenvalue weighted by atomic mass is 16.5. The number of aromatic nitrogens is 3. The summed E-state index contributed by atoms with van der Waals surface area (Å²) in [6.45, 7) is 2.19. The Bertz CT molecular complexity index is 1150. The minimum absolute atomic E-state index is 0.173. The van der Waals surface area contributed by atoms with E-state index in [2.05, 4.69) is 16.0 Å². The molecular weight excluding hydrogens is 362 g/mol. The normalized spacial score (nSPS) is 11.6. The van der Waals surface area contributed by atoms with Gasteiger partial charge in [-0.1, -0.05) is 54.6 Å². The van der Waals surface area contributed by atoms with Crippen molar-refractivity contribution in [1.82, 2.24) is 14.5 Å². The Morgan fingerprint density at radius 1 is 1.00 bits per heavy atom. The summed E-state index contributed by atoms with van der Waals surface area (Å²) in [4.78, 5) is 21.3. The molecule has 0 aliphatic heterocycles. The summed E-state index contributed by atoms with van der Waals surface area (Å²) in [5, 5.41) is 1.06. The van der Waals surface area contributed by atoms with Crippen molar-refractivity contribution in [3.63, 3.8) is 0 Å². The van der Waals surface area contributed by atoms with Crippen LogP contribution < -0.4 is 0 Å². The molecule has 0 aliphatic carbocycles. The highest BCUT2D eigenvalue weighted by Gasteiger charge is 2.18. The molecule has 0 bridgehead atoms. The maximum absolute atomic E-state index is 12.5. The van der Waals surface area contributed by atoms with Crippen LogP contribution in [0.2, 0.25) is 0 Å².